The van der Waals surface area contributed by atoms with Gasteiger partial charge in [-0.15, -0.1) is 0 Å². The molecule has 0 atom stereocenters. The van der Waals surface area contributed by atoms with Crippen LogP contribution in [0, 0.1) is 0 Å². The first kappa shape index (κ1) is 16.0. The highest BCUT2D eigenvalue weighted by molar-refractivity contribution is 6.28. The van der Waals surface area contributed by atoms with Crippen molar-refractivity contribution in [2.75, 3.05) is 0 Å². The normalized spacial score (nSPS) is 11.6. The average molecular weight is 305 g/mol. The fourth-order valence-electron chi connectivity index (χ4n) is 2.00. The van der Waals surface area contributed by atoms with Crippen molar-refractivity contribution in [3.8, 4) is 0 Å². The number of ether oxygens (including phenoxy) is 1. The Balaban J connectivity index is 2.23. The highest BCUT2D eigenvalue weighted by Crippen LogP contribution is 2.27. The van der Waals surface area contributed by atoms with Crippen molar-refractivity contribution in [2.45, 2.75) is 39.5 Å². The molecule has 2 rings (SSSR count). The lowest BCUT2D eigenvalue weighted by atomic mass is 10.1. The third kappa shape index (κ3) is 3.85. The fourth-order valence-corrected chi connectivity index (χ4v) is 2.00. The summed E-state index contributed by atoms with van der Waals surface area (Å²) in [6, 6.07) is 7.51. The van der Waals surface area contributed by atoms with Crippen molar-refractivity contribution in [3.63, 3.8) is 0 Å². The Bertz CT molecular complexity index is 696. The van der Waals surface area contributed by atoms with E-state index in [-0.39, 0.29) is 12.1 Å². The predicted molar refractivity (Wildman–Crippen MR) is 80.2 cm³/mol. The fraction of sp³-hybridized carbons (Fsp3) is 0.375. The first-order valence-corrected chi connectivity index (χ1v) is 6.92. The molecule has 2 N–H and O–H groups in total. The van der Waals surface area contributed by atoms with Crippen LogP contribution in [-0.4, -0.2) is 22.6 Å². The van der Waals surface area contributed by atoms with Crippen molar-refractivity contribution < 1.29 is 23.8 Å². The summed E-state index contributed by atoms with van der Waals surface area (Å²) in [5.41, 5.74) is -0.0656. The van der Waals surface area contributed by atoms with E-state index in [9.17, 15) is 9.59 Å². The number of carbonyl (C=O) groups is 2. The summed E-state index contributed by atoms with van der Waals surface area (Å²) >= 11 is 0. The van der Waals surface area contributed by atoms with Gasteiger partial charge in [0.25, 0.3) is 0 Å². The topological polar surface area (TPSA) is 88.8 Å². The monoisotopic (exact) mass is 305 g/mol. The summed E-state index contributed by atoms with van der Waals surface area (Å²) in [6.45, 7) is 6.47. The van der Waals surface area contributed by atoms with E-state index in [1.807, 2.05) is 45.0 Å². The summed E-state index contributed by atoms with van der Waals surface area (Å²) in [4.78, 5) is 21.5. The Labute approximate surface area is 128 Å². The minimum atomic E-state index is -1.62. The van der Waals surface area contributed by atoms with Gasteiger partial charge in [-0.25, -0.2) is 9.59 Å². The van der Waals surface area contributed by atoms with Crippen LogP contribution in [-0.2, 0) is 27.5 Å². The maximum Gasteiger partial charge on any atom is 0.417 e. The number of carboxylic acid groups (broad SMARTS) is 1. The summed E-state index contributed by atoms with van der Waals surface area (Å²) in [6.07, 6.45) is 0. The molecular formula is C16H19NO5. The molecule has 0 saturated carbocycles. The van der Waals surface area contributed by atoms with Gasteiger partial charge >= 0.3 is 11.9 Å². The Morgan fingerprint density at radius 2 is 1.77 bits per heavy atom. The van der Waals surface area contributed by atoms with Gasteiger partial charge in [0.2, 0.25) is 0 Å². The van der Waals surface area contributed by atoms with Gasteiger partial charge in [-0.1, -0.05) is 24.3 Å². The molecule has 0 unspecified atom stereocenters. The average Bonchev–Trinajstić information content (AvgIpc) is 2.80. The molecule has 6 heteroatoms. The van der Waals surface area contributed by atoms with Gasteiger partial charge in [0.05, 0.1) is 6.54 Å². The summed E-state index contributed by atoms with van der Waals surface area (Å²) in [5.74, 6) is -1.75. The second-order valence-corrected chi connectivity index (χ2v) is 5.98. The molecule has 0 aliphatic carbocycles. The number of fused-ring (bicyclic) bond motifs is 1. The third-order valence-electron chi connectivity index (χ3n) is 3.06. The highest BCUT2D eigenvalue weighted by Gasteiger charge is 2.18. The summed E-state index contributed by atoms with van der Waals surface area (Å²) < 4.78 is 10.5. The van der Waals surface area contributed by atoms with Crippen LogP contribution >= 0.6 is 0 Å². The van der Waals surface area contributed by atoms with Crippen LogP contribution in [0.2, 0.25) is 0 Å². The first-order chi connectivity index (χ1) is 10.3. The second kappa shape index (κ2) is 6.19. The van der Waals surface area contributed by atoms with E-state index in [2.05, 4.69) is 5.32 Å². The van der Waals surface area contributed by atoms with E-state index in [1.165, 1.54) is 0 Å². The smallest absolute Gasteiger partial charge is 0.417 e. The Hall–Kier alpha value is -2.34. The number of esters is 1. The zero-order chi connectivity index (χ0) is 16.3. The van der Waals surface area contributed by atoms with E-state index in [1.54, 1.807) is 0 Å². The molecule has 1 aromatic carbocycles. The number of rotatable bonds is 4. The molecule has 0 aliphatic rings. The van der Waals surface area contributed by atoms with E-state index >= 15 is 0 Å². The molecule has 2 aromatic rings. The van der Waals surface area contributed by atoms with Gasteiger partial charge < -0.3 is 19.6 Å². The lowest BCUT2D eigenvalue weighted by Gasteiger charge is -2.19. The molecule has 6 nitrogen and oxygen atoms in total. The van der Waals surface area contributed by atoms with Crippen LogP contribution < -0.4 is 5.32 Å². The van der Waals surface area contributed by atoms with Crippen LogP contribution in [0.4, 0.5) is 0 Å². The zero-order valence-corrected chi connectivity index (χ0v) is 12.8. The maximum absolute atomic E-state index is 11.0. The number of furan rings is 1. The van der Waals surface area contributed by atoms with Crippen LogP contribution in [0.3, 0.4) is 0 Å². The standard InChI is InChI=1S/C16H19NO5/c1-16(2,3)17-8-12-10-6-4-5-7-11(10)13(22-12)9-21-15(20)14(18)19/h4-7,17H,8-9H2,1-3H3,(H,18,19). The molecule has 0 aliphatic heterocycles. The van der Waals surface area contributed by atoms with Crippen LogP contribution in [0.15, 0.2) is 28.7 Å². The van der Waals surface area contributed by atoms with Crippen LogP contribution in [0.1, 0.15) is 32.3 Å². The van der Waals surface area contributed by atoms with Crippen molar-refractivity contribution in [3.05, 3.63) is 35.8 Å². The van der Waals surface area contributed by atoms with Gasteiger partial charge in [-0.2, -0.15) is 0 Å². The summed E-state index contributed by atoms with van der Waals surface area (Å²) in [5, 5.41) is 13.6. The minimum absolute atomic E-state index is 0.0656. The largest absolute Gasteiger partial charge is 0.473 e. The number of hydrogen-bond donors (Lipinski definition) is 2. The number of nitrogens with one attached hydrogen (secondary N) is 1. The van der Waals surface area contributed by atoms with Crippen molar-refractivity contribution in [1.82, 2.24) is 5.32 Å². The molecule has 0 bridgehead atoms. The number of carboxylic acids is 1. The number of hydrogen-bond acceptors (Lipinski definition) is 5. The van der Waals surface area contributed by atoms with Gasteiger partial charge in [0.15, 0.2) is 6.61 Å². The molecule has 1 aromatic heterocycles. The van der Waals surface area contributed by atoms with Crippen LogP contribution in [0.25, 0.3) is 10.8 Å². The van der Waals surface area contributed by atoms with E-state index in [0.717, 1.165) is 16.5 Å². The molecule has 0 amide bonds. The molecular weight excluding hydrogens is 286 g/mol. The van der Waals surface area contributed by atoms with E-state index in [4.69, 9.17) is 14.3 Å². The van der Waals surface area contributed by atoms with E-state index in [0.29, 0.717) is 12.3 Å². The van der Waals surface area contributed by atoms with Gasteiger partial charge in [-0.3, -0.25) is 0 Å². The van der Waals surface area contributed by atoms with Crippen LogP contribution in [0.5, 0.6) is 0 Å². The quantitative estimate of drug-likeness (QED) is 0.666. The Morgan fingerprint density at radius 3 is 2.32 bits per heavy atom. The maximum atomic E-state index is 11.0. The van der Waals surface area contributed by atoms with Gasteiger partial charge in [-0.05, 0) is 20.8 Å². The molecule has 1 heterocycles. The van der Waals surface area contributed by atoms with Gasteiger partial charge in [0.1, 0.15) is 11.5 Å². The molecule has 0 spiro atoms. The number of benzene rings is 1. The summed E-state index contributed by atoms with van der Waals surface area (Å²) in [7, 11) is 0. The predicted octanol–water partition coefficient (Wildman–Crippen LogP) is 2.45. The van der Waals surface area contributed by atoms with Crippen molar-refractivity contribution in [2.24, 2.45) is 0 Å². The van der Waals surface area contributed by atoms with Gasteiger partial charge in [0, 0.05) is 16.3 Å². The Morgan fingerprint density at radius 1 is 1.18 bits per heavy atom. The second-order valence-electron chi connectivity index (χ2n) is 5.98. The number of aliphatic carboxylic acids is 1. The molecule has 0 saturated heterocycles. The number of carbonyl (C=O) groups excluding carboxylic acids is 1. The molecule has 0 radical (unpaired) electrons. The van der Waals surface area contributed by atoms with Crippen molar-refractivity contribution >= 4 is 22.7 Å². The Kier molecular flexibility index (Phi) is 4.51. The zero-order valence-electron chi connectivity index (χ0n) is 12.8. The third-order valence-corrected chi connectivity index (χ3v) is 3.06. The lowest BCUT2D eigenvalue weighted by Crippen LogP contribution is -2.34. The molecule has 0 fully saturated rings. The van der Waals surface area contributed by atoms with Crippen molar-refractivity contribution in [1.29, 1.82) is 0 Å². The molecule has 22 heavy (non-hydrogen) atoms. The lowest BCUT2D eigenvalue weighted by molar-refractivity contribution is -0.165. The minimum Gasteiger partial charge on any atom is -0.473 e. The first-order valence-electron chi connectivity index (χ1n) is 6.92. The SMILES string of the molecule is CC(C)(C)NCc1oc(COC(=O)C(=O)O)c2ccccc12. The molecule has 118 valence electrons. The highest BCUT2D eigenvalue weighted by atomic mass is 16.6. The van der Waals surface area contributed by atoms with E-state index < -0.39 is 11.9 Å².